The molecule has 0 spiro atoms. The molecule has 0 unspecified atom stereocenters. The first kappa shape index (κ1) is 19.9. The molecule has 1 atom stereocenters. The lowest BCUT2D eigenvalue weighted by atomic mass is 10.2. The van der Waals surface area contributed by atoms with Crippen LogP contribution in [-0.4, -0.2) is 43.0 Å². The maximum absolute atomic E-state index is 12.2. The molecular formula is C14H19ClN4O4S. The van der Waals surface area contributed by atoms with Gasteiger partial charge in [0.2, 0.25) is 0 Å². The first-order chi connectivity index (χ1) is 11.4. The summed E-state index contributed by atoms with van der Waals surface area (Å²) < 4.78 is 5.07. The van der Waals surface area contributed by atoms with Gasteiger partial charge in [-0.2, -0.15) is 11.8 Å². The summed E-state index contributed by atoms with van der Waals surface area (Å²) in [6.45, 7) is 0. The summed E-state index contributed by atoms with van der Waals surface area (Å²) in [4.78, 5) is 35.2. The number of urea groups is 1. The Balaban J connectivity index is 2.72. The number of hydrogen-bond acceptors (Lipinski definition) is 5. The summed E-state index contributed by atoms with van der Waals surface area (Å²) in [5.74, 6) is -0.253. The lowest BCUT2D eigenvalue weighted by Crippen LogP contribution is -2.53. The van der Waals surface area contributed by atoms with Gasteiger partial charge in [0, 0.05) is 5.02 Å². The van der Waals surface area contributed by atoms with E-state index in [1.165, 1.54) is 31.0 Å². The predicted molar refractivity (Wildman–Crippen MR) is 93.1 cm³/mol. The topological polar surface area (TPSA) is 123 Å². The van der Waals surface area contributed by atoms with Crippen LogP contribution in [0.15, 0.2) is 18.2 Å². The maximum Gasteiger partial charge on any atom is 0.312 e. The SMILES string of the molecule is COc1ccc(Cl)cc1C(=O)NNC(=O)[C@@H](CCSC)NC(N)=O. The van der Waals surface area contributed by atoms with Crippen LogP contribution >= 0.6 is 23.4 Å². The highest BCUT2D eigenvalue weighted by atomic mass is 35.5. The molecule has 0 fully saturated rings. The van der Waals surface area contributed by atoms with Crippen LogP contribution < -0.4 is 26.6 Å². The quantitative estimate of drug-likeness (QED) is 0.528. The molecule has 0 aromatic heterocycles. The summed E-state index contributed by atoms with van der Waals surface area (Å²) in [7, 11) is 1.41. The van der Waals surface area contributed by atoms with Gasteiger partial charge in [-0.3, -0.25) is 20.4 Å². The van der Waals surface area contributed by atoms with Crippen LogP contribution in [0.3, 0.4) is 0 Å². The summed E-state index contributed by atoms with van der Waals surface area (Å²) in [5.41, 5.74) is 9.71. The molecule has 132 valence electrons. The molecule has 4 amide bonds. The van der Waals surface area contributed by atoms with Crippen LogP contribution in [0.4, 0.5) is 4.79 Å². The normalized spacial score (nSPS) is 11.3. The second-order valence-electron chi connectivity index (χ2n) is 4.63. The summed E-state index contributed by atoms with van der Waals surface area (Å²) in [6.07, 6.45) is 2.23. The van der Waals surface area contributed by atoms with E-state index in [1.54, 1.807) is 6.07 Å². The molecule has 10 heteroatoms. The van der Waals surface area contributed by atoms with Crippen molar-refractivity contribution in [2.75, 3.05) is 19.1 Å². The molecule has 1 aromatic rings. The minimum absolute atomic E-state index is 0.161. The highest BCUT2D eigenvalue weighted by Crippen LogP contribution is 2.22. The van der Waals surface area contributed by atoms with Crippen molar-refractivity contribution in [3.63, 3.8) is 0 Å². The number of carbonyl (C=O) groups is 3. The van der Waals surface area contributed by atoms with Crippen LogP contribution in [0.5, 0.6) is 5.75 Å². The van der Waals surface area contributed by atoms with Crippen molar-refractivity contribution >= 4 is 41.2 Å². The molecule has 0 saturated heterocycles. The van der Waals surface area contributed by atoms with E-state index in [2.05, 4.69) is 16.2 Å². The van der Waals surface area contributed by atoms with E-state index in [1.807, 2.05) is 6.26 Å². The van der Waals surface area contributed by atoms with Gasteiger partial charge in [-0.1, -0.05) is 11.6 Å². The number of nitrogens with two attached hydrogens (primary N) is 1. The third-order valence-electron chi connectivity index (χ3n) is 2.95. The summed E-state index contributed by atoms with van der Waals surface area (Å²) in [5, 5.41) is 2.67. The third kappa shape index (κ3) is 6.17. The number of amides is 4. The Labute approximate surface area is 148 Å². The number of ether oxygens (including phenoxy) is 1. The zero-order chi connectivity index (χ0) is 18.1. The second-order valence-corrected chi connectivity index (χ2v) is 6.05. The summed E-state index contributed by atoms with van der Waals surface area (Å²) >= 11 is 7.37. The predicted octanol–water partition coefficient (Wildman–Crippen LogP) is 0.900. The Bertz CT molecular complexity index is 614. The number of primary amides is 1. The van der Waals surface area contributed by atoms with Crippen LogP contribution in [0.25, 0.3) is 0 Å². The van der Waals surface area contributed by atoms with Crippen molar-refractivity contribution in [2.24, 2.45) is 5.73 Å². The smallest absolute Gasteiger partial charge is 0.312 e. The molecule has 0 aliphatic carbocycles. The minimum atomic E-state index is -0.850. The fraction of sp³-hybridized carbons (Fsp3) is 0.357. The lowest BCUT2D eigenvalue weighted by molar-refractivity contribution is -0.123. The van der Waals surface area contributed by atoms with Crippen molar-refractivity contribution in [3.8, 4) is 5.75 Å². The van der Waals surface area contributed by atoms with E-state index in [4.69, 9.17) is 22.1 Å². The molecule has 0 aliphatic heterocycles. The van der Waals surface area contributed by atoms with Crippen molar-refractivity contribution in [1.82, 2.24) is 16.2 Å². The summed E-state index contributed by atoms with van der Waals surface area (Å²) in [6, 6.07) is 2.85. The Morgan fingerprint density at radius 3 is 2.62 bits per heavy atom. The molecule has 0 saturated carbocycles. The molecule has 0 bridgehead atoms. The lowest BCUT2D eigenvalue weighted by Gasteiger charge is -2.17. The van der Waals surface area contributed by atoms with Crippen LogP contribution in [-0.2, 0) is 4.79 Å². The van der Waals surface area contributed by atoms with Gasteiger partial charge >= 0.3 is 6.03 Å². The fourth-order valence-corrected chi connectivity index (χ4v) is 2.45. The van der Waals surface area contributed by atoms with E-state index in [9.17, 15) is 14.4 Å². The van der Waals surface area contributed by atoms with Gasteiger partial charge in [0.1, 0.15) is 11.8 Å². The molecule has 5 N–H and O–H groups in total. The highest BCUT2D eigenvalue weighted by Gasteiger charge is 2.21. The van der Waals surface area contributed by atoms with Gasteiger partial charge < -0.3 is 15.8 Å². The van der Waals surface area contributed by atoms with E-state index < -0.39 is 23.9 Å². The number of benzene rings is 1. The molecule has 24 heavy (non-hydrogen) atoms. The van der Waals surface area contributed by atoms with Crippen LogP contribution in [0, 0.1) is 0 Å². The van der Waals surface area contributed by atoms with Crippen molar-refractivity contribution < 1.29 is 19.1 Å². The third-order valence-corrected chi connectivity index (χ3v) is 3.83. The van der Waals surface area contributed by atoms with Crippen molar-refractivity contribution in [1.29, 1.82) is 0 Å². The molecule has 1 rings (SSSR count). The number of carbonyl (C=O) groups excluding carboxylic acids is 3. The number of nitrogens with one attached hydrogen (secondary N) is 3. The van der Waals surface area contributed by atoms with Crippen molar-refractivity contribution in [2.45, 2.75) is 12.5 Å². The van der Waals surface area contributed by atoms with E-state index in [-0.39, 0.29) is 5.56 Å². The Hall–Kier alpha value is -2.13. The Morgan fingerprint density at radius 2 is 2.04 bits per heavy atom. The van der Waals surface area contributed by atoms with E-state index in [0.29, 0.717) is 22.9 Å². The van der Waals surface area contributed by atoms with Gasteiger partial charge in [-0.05, 0) is 36.6 Å². The van der Waals surface area contributed by atoms with Gasteiger partial charge in [0.05, 0.1) is 12.7 Å². The van der Waals surface area contributed by atoms with Gasteiger partial charge in [-0.15, -0.1) is 0 Å². The molecule has 1 aromatic carbocycles. The molecule has 0 aliphatic rings. The minimum Gasteiger partial charge on any atom is -0.496 e. The Kier molecular flexibility index (Phi) is 8.20. The maximum atomic E-state index is 12.2. The van der Waals surface area contributed by atoms with Gasteiger partial charge in [0.15, 0.2) is 0 Å². The van der Waals surface area contributed by atoms with Crippen molar-refractivity contribution in [3.05, 3.63) is 28.8 Å². The number of rotatable bonds is 7. The number of halogens is 1. The van der Waals surface area contributed by atoms with Gasteiger partial charge in [0.25, 0.3) is 11.8 Å². The van der Waals surface area contributed by atoms with E-state index in [0.717, 1.165) is 0 Å². The van der Waals surface area contributed by atoms with Gasteiger partial charge in [-0.25, -0.2) is 4.79 Å². The second kappa shape index (κ2) is 9.89. The molecule has 0 heterocycles. The fourth-order valence-electron chi connectivity index (χ4n) is 1.81. The van der Waals surface area contributed by atoms with Crippen LogP contribution in [0.1, 0.15) is 16.8 Å². The zero-order valence-electron chi connectivity index (χ0n) is 13.2. The monoisotopic (exact) mass is 374 g/mol. The first-order valence-electron chi connectivity index (χ1n) is 6.87. The highest BCUT2D eigenvalue weighted by molar-refractivity contribution is 7.98. The number of thioether (sulfide) groups is 1. The Morgan fingerprint density at radius 1 is 1.33 bits per heavy atom. The number of methoxy groups -OCH3 is 1. The molecule has 8 nitrogen and oxygen atoms in total. The number of hydrogen-bond donors (Lipinski definition) is 4. The van der Waals surface area contributed by atoms with Crippen LogP contribution in [0.2, 0.25) is 5.02 Å². The average Bonchev–Trinajstić information content (AvgIpc) is 2.55. The first-order valence-corrected chi connectivity index (χ1v) is 8.64. The standard InChI is InChI=1S/C14H19ClN4O4S/c1-23-11-4-3-8(15)7-9(11)12(20)18-19-13(21)10(5-6-24-2)17-14(16)22/h3-4,7,10H,5-6H2,1-2H3,(H,18,20)(H,19,21)(H3,16,17,22)/t10-/m1/s1. The largest absolute Gasteiger partial charge is 0.496 e. The van der Waals surface area contributed by atoms with E-state index >= 15 is 0 Å². The molecule has 0 radical (unpaired) electrons. The number of hydrazine groups is 1. The average molecular weight is 375 g/mol. The molecular weight excluding hydrogens is 356 g/mol. The zero-order valence-corrected chi connectivity index (χ0v) is 14.8.